The zero-order chi connectivity index (χ0) is 24.3. The first-order chi connectivity index (χ1) is 15.6. The summed E-state index contributed by atoms with van der Waals surface area (Å²) in [5, 5.41) is 30.2. The molecule has 0 spiro atoms. The number of phenolic OH excluding ortho intramolecular Hbond substituents is 1. The molecule has 0 bridgehead atoms. The van der Waals surface area contributed by atoms with E-state index in [1.165, 1.54) is 12.1 Å². The zero-order valence-corrected chi connectivity index (χ0v) is 20.0. The predicted octanol–water partition coefficient (Wildman–Crippen LogP) is 2.48. The molecular formula is C19H18BrClN6O5S. The predicted molar refractivity (Wildman–Crippen MR) is 124 cm³/mol. The van der Waals surface area contributed by atoms with Crippen molar-refractivity contribution in [1.29, 1.82) is 5.26 Å². The maximum atomic E-state index is 13.0. The molecule has 0 aliphatic carbocycles. The van der Waals surface area contributed by atoms with E-state index in [2.05, 4.69) is 25.8 Å². The quantitative estimate of drug-likeness (QED) is 0.180. The third-order valence-electron chi connectivity index (χ3n) is 4.76. The lowest BCUT2D eigenvalue weighted by Gasteiger charge is -2.22. The van der Waals surface area contributed by atoms with Gasteiger partial charge in [0.05, 0.1) is 10.7 Å². The lowest BCUT2D eigenvalue weighted by molar-refractivity contribution is -0.142. The number of benzene rings is 2. The number of nitrogens with zero attached hydrogens (tertiary/aromatic N) is 4. The van der Waals surface area contributed by atoms with Crippen LogP contribution in [0.4, 0.5) is 11.4 Å². The van der Waals surface area contributed by atoms with Crippen molar-refractivity contribution < 1.29 is 23.4 Å². The maximum Gasteiger partial charge on any atom is 0.322 e. The van der Waals surface area contributed by atoms with Crippen molar-refractivity contribution in [1.82, 2.24) is 9.84 Å². The molecular weight excluding hydrogens is 540 g/mol. The van der Waals surface area contributed by atoms with Gasteiger partial charge in [-0.3, -0.25) is 4.79 Å². The molecule has 1 aliphatic rings. The smallest absolute Gasteiger partial charge is 0.322 e. The van der Waals surface area contributed by atoms with Crippen LogP contribution < -0.4 is 15.5 Å². The first-order valence-electron chi connectivity index (χ1n) is 9.38. The molecule has 1 atom stereocenters. The fourth-order valence-electron chi connectivity index (χ4n) is 3.25. The summed E-state index contributed by atoms with van der Waals surface area (Å²) in [7, 11) is -4.48. The molecule has 1 heterocycles. The highest BCUT2D eigenvalue weighted by Gasteiger charge is 2.35. The lowest BCUT2D eigenvalue weighted by atomic mass is 10.2. The summed E-state index contributed by atoms with van der Waals surface area (Å²) in [6.07, 6.45) is 2.60. The third kappa shape index (κ3) is 5.21. The van der Waals surface area contributed by atoms with Gasteiger partial charge in [-0.2, -0.15) is 5.26 Å². The Morgan fingerprint density at radius 2 is 2.06 bits per heavy atom. The SMILES string of the molecule is N#CN(C(N)=Nc1ccc(Cl)c(S(=O)(=O)NN2CCC[C@H]2C(=O)O)c1O)c1ccccc1Br. The van der Waals surface area contributed by atoms with Crippen molar-refractivity contribution in [3.63, 3.8) is 0 Å². The van der Waals surface area contributed by atoms with Crippen LogP contribution in [-0.2, 0) is 14.8 Å². The number of sulfonamides is 1. The number of aliphatic imine (C=N–C) groups is 1. The van der Waals surface area contributed by atoms with Crippen LogP contribution in [0.2, 0.25) is 5.02 Å². The highest BCUT2D eigenvalue weighted by atomic mass is 79.9. The number of anilines is 1. The number of carboxylic acids is 1. The van der Waals surface area contributed by atoms with Crippen molar-refractivity contribution in [2.75, 3.05) is 11.4 Å². The highest BCUT2D eigenvalue weighted by Crippen LogP contribution is 2.39. The number of rotatable bonds is 6. The van der Waals surface area contributed by atoms with Gasteiger partial charge in [-0.15, -0.1) is 4.83 Å². The van der Waals surface area contributed by atoms with Crippen molar-refractivity contribution in [2.45, 2.75) is 23.8 Å². The minimum absolute atomic E-state index is 0.169. The van der Waals surface area contributed by atoms with E-state index in [4.69, 9.17) is 17.3 Å². The van der Waals surface area contributed by atoms with Crippen LogP contribution in [0.5, 0.6) is 5.75 Å². The van der Waals surface area contributed by atoms with Crippen LogP contribution in [-0.4, -0.2) is 48.2 Å². The van der Waals surface area contributed by atoms with E-state index < -0.39 is 32.7 Å². The van der Waals surface area contributed by atoms with Gasteiger partial charge < -0.3 is 15.9 Å². The molecule has 0 saturated carbocycles. The first-order valence-corrected chi connectivity index (χ1v) is 12.0. The van der Waals surface area contributed by atoms with E-state index in [1.54, 1.807) is 24.3 Å². The number of nitrogens with one attached hydrogen (secondary N) is 1. The number of aliphatic carboxylic acids is 1. The largest absolute Gasteiger partial charge is 0.504 e. The number of aromatic hydroxyl groups is 1. The summed E-state index contributed by atoms with van der Waals surface area (Å²) >= 11 is 9.36. The van der Waals surface area contributed by atoms with Crippen LogP contribution >= 0.6 is 27.5 Å². The Hall–Kier alpha value is -2.89. The molecule has 1 aliphatic heterocycles. The molecule has 2 aromatic carbocycles. The number of halogens is 2. The zero-order valence-electron chi connectivity index (χ0n) is 16.8. The van der Waals surface area contributed by atoms with E-state index in [9.17, 15) is 28.7 Å². The summed E-state index contributed by atoms with van der Waals surface area (Å²) in [6.45, 7) is 0.169. The topological polar surface area (TPSA) is 172 Å². The summed E-state index contributed by atoms with van der Waals surface area (Å²) in [5.41, 5.74) is 6.07. The van der Waals surface area contributed by atoms with Gasteiger partial charge in [0.15, 0.2) is 11.9 Å². The maximum absolute atomic E-state index is 13.0. The summed E-state index contributed by atoms with van der Waals surface area (Å²) in [5.74, 6) is -2.34. The van der Waals surface area contributed by atoms with Gasteiger partial charge in [0.1, 0.15) is 16.6 Å². The number of hydrogen-bond donors (Lipinski definition) is 4. The Kier molecular flexibility index (Phi) is 7.45. The molecule has 2 aromatic rings. The summed E-state index contributed by atoms with van der Waals surface area (Å²) < 4.78 is 26.5. The van der Waals surface area contributed by atoms with Crippen LogP contribution in [0.15, 0.2) is 50.8 Å². The van der Waals surface area contributed by atoms with Crippen molar-refractivity contribution in [2.24, 2.45) is 10.7 Å². The van der Waals surface area contributed by atoms with Crippen LogP contribution in [0, 0.1) is 11.5 Å². The fourth-order valence-corrected chi connectivity index (χ4v) is 5.47. The van der Waals surface area contributed by atoms with E-state index in [0.717, 1.165) is 9.91 Å². The van der Waals surface area contributed by atoms with Crippen LogP contribution in [0.3, 0.4) is 0 Å². The van der Waals surface area contributed by atoms with Crippen LogP contribution in [0.1, 0.15) is 12.8 Å². The fraction of sp³-hybridized carbons (Fsp3) is 0.211. The van der Waals surface area contributed by atoms with E-state index >= 15 is 0 Å². The Bertz CT molecular complexity index is 1270. The Morgan fingerprint density at radius 3 is 2.70 bits per heavy atom. The average molecular weight is 558 g/mol. The molecule has 0 aromatic heterocycles. The Morgan fingerprint density at radius 1 is 1.36 bits per heavy atom. The number of para-hydroxylation sites is 1. The van der Waals surface area contributed by atoms with E-state index in [0.29, 0.717) is 16.6 Å². The third-order valence-corrected chi connectivity index (χ3v) is 7.29. The van der Waals surface area contributed by atoms with E-state index in [1.807, 2.05) is 6.19 Å². The Balaban J connectivity index is 1.99. The Labute approximate surface area is 202 Å². The summed E-state index contributed by atoms with van der Waals surface area (Å²) in [6, 6.07) is 8.08. The van der Waals surface area contributed by atoms with Gasteiger partial charge in [0.25, 0.3) is 10.0 Å². The molecule has 33 heavy (non-hydrogen) atoms. The van der Waals surface area contributed by atoms with Crippen LogP contribution in [0.25, 0.3) is 0 Å². The standard InChI is InChI=1S/C19H18BrClN6O5S/c20-11-4-1-2-5-14(11)26(10-22)19(23)24-13-8-7-12(21)17(16(13)28)33(31,32)25-27-9-3-6-15(27)18(29)30/h1-2,4-5,7-8,15,25,28H,3,6,9H2,(H2,23,24)(H,29,30)/t15-/m0/s1. The average Bonchev–Trinajstić information content (AvgIpc) is 3.19. The molecule has 14 heteroatoms. The van der Waals surface area contributed by atoms with Gasteiger partial charge in [-0.25, -0.2) is 23.3 Å². The van der Waals surface area contributed by atoms with Gasteiger partial charge >= 0.3 is 5.97 Å². The molecule has 174 valence electrons. The van der Waals surface area contributed by atoms with Gasteiger partial charge in [-0.1, -0.05) is 23.7 Å². The molecule has 1 fully saturated rings. The van der Waals surface area contributed by atoms with Crippen molar-refractivity contribution >= 4 is 60.9 Å². The van der Waals surface area contributed by atoms with Crippen molar-refractivity contribution in [3.05, 3.63) is 45.9 Å². The second-order valence-corrected chi connectivity index (χ2v) is 9.74. The molecule has 1 saturated heterocycles. The molecule has 0 unspecified atom stereocenters. The van der Waals surface area contributed by atoms with Gasteiger partial charge in [-0.05, 0) is 53.0 Å². The normalized spacial score (nSPS) is 17.0. The number of carbonyl (C=O) groups is 1. The number of hydrazine groups is 1. The number of hydrogen-bond acceptors (Lipinski definition) is 7. The minimum atomic E-state index is -4.48. The number of carboxylic acid groups (broad SMARTS) is 1. The minimum Gasteiger partial charge on any atom is -0.504 e. The van der Waals surface area contributed by atoms with Crippen molar-refractivity contribution in [3.8, 4) is 11.9 Å². The number of guanidine groups is 1. The molecule has 3 rings (SSSR count). The second kappa shape index (κ2) is 9.94. The first kappa shape index (κ1) is 24.7. The number of nitriles is 1. The monoisotopic (exact) mass is 556 g/mol. The summed E-state index contributed by atoms with van der Waals surface area (Å²) in [4.78, 5) is 17.8. The second-order valence-electron chi connectivity index (χ2n) is 6.89. The lowest BCUT2D eigenvalue weighted by Crippen LogP contribution is -2.48. The van der Waals surface area contributed by atoms with Gasteiger partial charge in [0.2, 0.25) is 5.96 Å². The molecule has 0 amide bonds. The molecule has 5 N–H and O–H groups in total. The molecule has 0 radical (unpaired) electrons. The number of nitrogens with two attached hydrogens (primary N) is 1. The number of phenols is 1. The van der Waals surface area contributed by atoms with E-state index in [-0.39, 0.29) is 29.6 Å². The molecule has 11 nitrogen and oxygen atoms in total. The highest BCUT2D eigenvalue weighted by molar-refractivity contribution is 9.10. The van der Waals surface area contributed by atoms with Gasteiger partial charge in [0, 0.05) is 11.0 Å².